The van der Waals surface area contributed by atoms with Crippen molar-refractivity contribution in [1.29, 1.82) is 0 Å². The summed E-state index contributed by atoms with van der Waals surface area (Å²) in [4.78, 5) is 15.5. The fraction of sp³-hybridized carbons (Fsp3) is 0.458. The number of benzene rings is 2. The molecule has 0 aromatic heterocycles. The second-order valence-electron chi connectivity index (χ2n) is 7.93. The van der Waals surface area contributed by atoms with Gasteiger partial charge in [0, 0.05) is 24.2 Å². The number of nitrogens with zero attached hydrogens (tertiary/aromatic N) is 1. The van der Waals surface area contributed by atoms with Crippen LogP contribution in [0.5, 0.6) is 17.2 Å². The Labute approximate surface area is 179 Å². The normalized spacial score (nSPS) is 18.6. The van der Waals surface area contributed by atoms with Crippen molar-refractivity contribution in [2.24, 2.45) is 0 Å². The van der Waals surface area contributed by atoms with Gasteiger partial charge in [0.15, 0.2) is 11.5 Å². The second kappa shape index (κ2) is 9.39. The fourth-order valence-electron chi connectivity index (χ4n) is 4.52. The van der Waals surface area contributed by atoms with E-state index in [4.69, 9.17) is 14.2 Å². The van der Waals surface area contributed by atoms with Crippen molar-refractivity contribution >= 4 is 5.91 Å². The van der Waals surface area contributed by atoms with Gasteiger partial charge in [-0.1, -0.05) is 24.3 Å². The molecule has 1 N–H and O–H groups in total. The van der Waals surface area contributed by atoms with E-state index < -0.39 is 0 Å². The molecule has 3 rings (SSSR count). The molecule has 2 aromatic rings. The van der Waals surface area contributed by atoms with Gasteiger partial charge in [-0.05, 0) is 50.5 Å². The van der Waals surface area contributed by atoms with Gasteiger partial charge in [0.1, 0.15) is 0 Å². The zero-order valence-electron chi connectivity index (χ0n) is 18.7. The van der Waals surface area contributed by atoms with Gasteiger partial charge in [0.2, 0.25) is 5.75 Å². The van der Waals surface area contributed by atoms with E-state index >= 15 is 0 Å². The molecule has 0 aliphatic carbocycles. The van der Waals surface area contributed by atoms with Crippen molar-refractivity contribution in [2.45, 2.75) is 45.3 Å². The number of methoxy groups -OCH3 is 3. The Kier molecular flexibility index (Phi) is 6.87. The molecule has 0 saturated carbocycles. The Morgan fingerprint density at radius 3 is 2.30 bits per heavy atom. The predicted octanol–water partition coefficient (Wildman–Crippen LogP) is 3.84. The van der Waals surface area contributed by atoms with E-state index in [1.807, 2.05) is 0 Å². The molecule has 0 spiro atoms. The molecule has 0 radical (unpaired) electrons. The maximum absolute atomic E-state index is 13.0. The molecule has 0 bridgehead atoms. The number of fused-ring (bicyclic) bond motifs is 1. The molecule has 1 aliphatic rings. The maximum atomic E-state index is 13.0. The lowest BCUT2D eigenvalue weighted by Crippen LogP contribution is -2.49. The van der Waals surface area contributed by atoms with Crippen LogP contribution in [0.2, 0.25) is 0 Å². The number of carbonyl (C=O) groups excluding carboxylic acids is 1. The molecule has 162 valence electrons. The van der Waals surface area contributed by atoms with Crippen molar-refractivity contribution in [3.05, 3.63) is 53.1 Å². The number of rotatable bonds is 7. The number of nitrogens with one attached hydrogen (secondary N) is 1. The van der Waals surface area contributed by atoms with Crippen molar-refractivity contribution in [1.82, 2.24) is 10.2 Å². The van der Waals surface area contributed by atoms with Gasteiger partial charge in [-0.15, -0.1) is 0 Å². The summed E-state index contributed by atoms with van der Waals surface area (Å²) in [5, 5.41) is 3.12. The van der Waals surface area contributed by atoms with Gasteiger partial charge in [-0.2, -0.15) is 0 Å². The Balaban J connectivity index is 1.86. The zero-order chi connectivity index (χ0) is 21.8. The van der Waals surface area contributed by atoms with Crippen LogP contribution in [-0.4, -0.2) is 50.8 Å². The Morgan fingerprint density at radius 2 is 1.73 bits per heavy atom. The fourth-order valence-corrected chi connectivity index (χ4v) is 4.52. The highest BCUT2D eigenvalue weighted by Crippen LogP contribution is 2.38. The van der Waals surface area contributed by atoms with Crippen LogP contribution in [-0.2, 0) is 6.42 Å². The minimum atomic E-state index is -0.173. The molecular formula is C24H32N2O4. The molecule has 1 heterocycles. The molecule has 6 heteroatoms. The largest absolute Gasteiger partial charge is 0.493 e. The van der Waals surface area contributed by atoms with Gasteiger partial charge in [-0.25, -0.2) is 0 Å². The molecule has 0 fully saturated rings. The van der Waals surface area contributed by atoms with E-state index in [-0.39, 0.29) is 11.9 Å². The Hall–Kier alpha value is -2.73. The Bertz CT molecular complexity index is 872. The first kappa shape index (κ1) is 22.0. The lowest BCUT2D eigenvalue weighted by Gasteiger charge is -2.44. The van der Waals surface area contributed by atoms with Crippen molar-refractivity contribution < 1.29 is 19.0 Å². The molecular weight excluding hydrogens is 380 g/mol. The number of hydrogen-bond acceptors (Lipinski definition) is 5. The standard InChI is InChI=1S/C24H32N2O4/c1-15(2)26-16(3)11-17-9-7-8-10-19(17)20(26)14-25-24(27)18-12-21(28-4)23(30-6)22(13-18)29-5/h7-10,12-13,15-16,20H,11,14H2,1-6H3,(H,25,27). The third-order valence-corrected chi connectivity index (χ3v) is 5.78. The first-order valence-corrected chi connectivity index (χ1v) is 10.3. The molecule has 6 nitrogen and oxygen atoms in total. The molecule has 2 aromatic carbocycles. The SMILES string of the molecule is COc1cc(C(=O)NCC2c3ccccc3CC(C)N2C(C)C)cc(OC)c1OC. The number of ether oxygens (including phenoxy) is 3. The van der Waals surface area contributed by atoms with Crippen LogP contribution < -0.4 is 19.5 Å². The summed E-state index contributed by atoms with van der Waals surface area (Å²) in [6, 6.07) is 12.8. The van der Waals surface area contributed by atoms with Gasteiger partial charge in [0.25, 0.3) is 5.91 Å². The highest BCUT2D eigenvalue weighted by Gasteiger charge is 2.33. The van der Waals surface area contributed by atoms with Crippen LogP contribution in [0.25, 0.3) is 0 Å². The van der Waals surface area contributed by atoms with E-state index in [9.17, 15) is 4.79 Å². The first-order valence-electron chi connectivity index (χ1n) is 10.3. The van der Waals surface area contributed by atoms with E-state index in [1.165, 1.54) is 11.1 Å². The number of amides is 1. The van der Waals surface area contributed by atoms with Gasteiger partial charge in [-0.3, -0.25) is 9.69 Å². The first-order chi connectivity index (χ1) is 14.4. The summed E-state index contributed by atoms with van der Waals surface area (Å²) in [6.07, 6.45) is 1.02. The summed E-state index contributed by atoms with van der Waals surface area (Å²) in [5.41, 5.74) is 3.11. The third-order valence-electron chi connectivity index (χ3n) is 5.78. The van der Waals surface area contributed by atoms with E-state index in [1.54, 1.807) is 33.5 Å². The van der Waals surface area contributed by atoms with Crippen LogP contribution >= 0.6 is 0 Å². The minimum Gasteiger partial charge on any atom is -0.493 e. The van der Waals surface area contributed by atoms with Crippen molar-refractivity contribution in [3.63, 3.8) is 0 Å². The average Bonchev–Trinajstić information content (AvgIpc) is 2.75. The number of hydrogen-bond donors (Lipinski definition) is 1. The smallest absolute Gasteiger partial charge is 0.251 e. The quantitative estimate of drug-likeness (QED) is 0.749. The monoisotopic (exact) mass is 412 g/mol. The summed E-state index contributed by atoms with van der Waals surface area (Å²) in [6.45, 7) is 7.19. The molecule has 30 heavy (non-hydrogen) atoms. The molecule has 1 amide bonds. The van der Waals surface area contributed by atoms with Gasteiger partial charge in [0.05, 0.1) is 27.4 Å². The van der Waals surface area contributed by atoms with E-state index in [0.717, 1.165) is 6.42 Å². The van der Waals surface area contributed by atoms with E-state index in [0.29, 0.717) is 41.4 Å². The minimum absolute atomic E-state index is 0.121. The summed E-state index contributed by atoms with van der Waals surface area (Å²) < 4.78 is 16.1. The van der Waals surface area contributed by atoms with Crippen LogP contribution in [0.1, 0.15) is 48.3 Å². The predicted molar refractivity (Wildman–Crippen MR) is 118 cm³/mol. The van der Waals surface area contributed by atoms with Crippen LogP contribution in [0.3, 0.4) is 0 Å². The lowest BCUT2D eigenvalue weighted by atomic mass is 9.87. The second-order valence-corrected chi connectivity index (χ2v) is 7.93. The number of carbonyl (C=O) groups is 1. The third kappa shape index (κ3) is 4.24. The van der Waals surface area contributed by atoms with Crippen molar-refractivity contribution in [2.75, 3.05) is 27.9 Å². The summed E-state index contributed by atoms with van der Waals surface area (Å²) >= 11 is 0. The summed E-state index contributed by atoms with van der Waals surface area (Å²) in [5.74, 6) is 1.22. The van der Waals surface area contributed by atoms with E-state index in [2.05, 4.69) is 55.3 Å². The lowest BCUT2D eigenvalue weighted by molar-refractivity contribution is 0.0787. The molecule has 1 aliphatic heterocycles. The highest BCUT2D eigenvalue weighted by atomic mass is 16.5. The van der Waals surface area contributed by atoms with Crippen LogP contribution in [0.4, 0.5) is 0 Å². The average molecular weight is 413 g/mol. The van der Waals surface area contributed by atoms with Crippen molar-refractivity contribution in [3.8, 4) is 17.2 Å². The topological polar surface area (TPSA) is 60.0 Å². The zero-order valence-corrected chi connectivity index (χ0v) is 18.7. The Morgan fingerprint density at radius 1 is 1.10 bits per heavy atom. The van der Waals surface area contributed by atoms with Crippen LogP contribution in [0, 0.1) is 0 Å². The molecule has 0 saturated heterocycles. The highest BCUT2D eigenvalue weighted by molar-refractivity contribution is 5.95. The van der Waals surface area contributed by atoms with Crippen LogP contribution in [0.15, 0.2) is 36.4 Å². The van der Waals surface area contributed by atoms with Gasteiger partial charge < -0.3 is 19.5 Å². The molecule has 2 atom stereocenters. The maximum Gasteiger partial charge on any atom is 0.251 e. The van der Waals surface area contributed by atoms with Gasteiger partial charge >= 0.3 is 0 Å². The molecule has 2 unspecified atom stereocenters. The summed E-state index contributed by atoms with van der Waals surface area (Å²) in [7, 11) is 4.63.